The SMILES string of the molecule is CC1CCC(NC(=O)C(C)C(N)c2ccccc2)CC1C. The van der Waals surface area contributed by atoms with Crippen molar-refractivity contribution in [1.82, 2.24) is 5.32 Å². The average Bonchev–Trinajstić information content (AvgIpc) is 2.50. The van der Waals surface area contributed by atoms with Crippen molar-refractivity contribution in [2.75, 3.05) is 0 Å². The summed E-state index contributed by atoms with van der Waals surface area (Å²) in [7, 11) is 0. The molecule has 1 amide bonds. The quantitative estimate of drug-likeness (QED) is 0.893. The molecule has 21 heavy (non-hydrogen) atoms. The van der Waals surface area contributed by atoms with Crippen LogP contribution in [0.25, 0.3) is 0 Å². The fourth-order valence-electron chi connectivity index (χ4n) is 3.14. The largest absolute Gasteiger partial charge is 0.353 e. The van der Waals surface area contributed by atoms with Crippen LogP contribution >= 0.6 is 0 Å². The summed E-state index contributed by atoms with van der Waals surface area (Å²) in [5.74, 6) is 1.32. The Balaban J connectivity index is 1.91. The summed E-state index contributed by atoms with van der Waals surface area (Å²) in [6.45, 7) is 6.50. The molecule has 3 nitrogen and oxygen atoms in total. The maximum absolute atomic E-state index is 12.4. The minimum Gasteiger partial charge on any atom is -0.353 e. The fourth-order valence-corrected chi connectivity index (χ4v) is 3.14. The number of nitrogens with one attached hydrogen (secondary N) is 1. The molecule has 1 aliphatic rings. The first-order valence-corrected chi connectivity index (χ1v) is 8.10. The first kappa shape index (κ1) is 16.0. The van der Waals surface area contributed by atoms with E-state index < -0.39 is 0 Å². The number of carbonyl (C=O) groups excluding carboxylic acids is 1. The zero-order chi connectivity index (χ0) is 15.4. The van der Waals surface area contributed by atoms with E-state index in [-0.39, 0.29) is 17.9 Å². The first-order chi connectivity index (χ1) is 9.99. The van der Waals surface area contributed by atoms with Gasteiger partial charge in [-0.15, -0.1) is 0 Å². The lowest BCUT2D eigenvalue weighted by Crippen LogP contribution is -2.44. The lowest BCUT2D eigenvalue weighted by Gasteiger charge is -2.33. The maximum Gasteiger partial charge on any atom is 0.224 e. The molecular weight excluding hydrogens is 260 g/mol. The van der Waals surface area contributed by atoms with Gasteiger partial charge in [-0.1, -0.05) is 51.1 Å². The summed E-state index contributed by atoms with van der Waals surface area (Å²) in [6.07, 6.45) is 3.37. The number of carbonyl (C=O) groups is 1. The Morgan fingerprint density at radius 1 is 1.19 bits per heavy atom. The zero-order valence-corrected chi connectivity index (χ0v) is 13.4. The van der Waals surface area contributed by atoms with E-state index in [4.69, 9.17) is 5.73 Å². The van der Waals surface area contributed by atoms with E-state index in [9.17, 15) is 4.79 Å². The van der Waals surface area contributed by atoms with Gasteiger partial charge < -0.3 is 11.1 Å². The van der Waals surface area contributed by atoms with E-state index in [0.717, 1.165) is 24.3 Å². The highest BCUT2D eigenvalue weighted by Crippen LogP contribution is 2.29. The van der Waals surface area contributed by atoms with Crippen LogP contribution in [0.4, 0.5) is 0 Å². The standard InChI is InChI=1S/C18H28N2O/c1-12-9-10-16(11-13(12)2)20-18(21)14(3)17(19)15-7-5-4-6-8-15/h4-8,12-14,16-17H,9-11,19H2,1-3H3,(H,20,21). The Labute approximate surface area is 128 Å². The molecule has 0 saturated heterocycles. The van der Waals surface area contributed by atoms with Crippen LogP contribution in [0.15, 0.2) is 30.3 Å². The van der Waals surface area contributed by atoms with Crippen molar-refractivity contribution in [2.45, 2.75) is 52.1 Å². The van der Waals surface area contributed by atoms with Crippen molar-refractivity contribution in [3.05, 3.63) is 35.9 Å². The second-order valence-corrected chi connectivity index (χ2v) is 6.70. The van der Waals surface area contributed by atoms with Crippen LogP contribution in [0, 0.1) is 17.8 Å². The van der Waals surface area contributed by atoms with E-state index in [2.05, 4.69) is 19.2 Å². The molecule has 1 aliphatic carbocycles. The van der Waals surface area contributed by atoms with Crippen molar-refractivity contribution in [2.24, 2.45) is 23.5 Å². The van der Waals surface area contributed by atoms with Crippen LogP contribution in [0.5, 0.6) is 0 Å². The van der Waals surface area contributed by atoms with Gasteiger partial charge >= 0.3 is 0 Å². The molecule has 0 aliphatic heterocycles. The van der Waals surface area contributed by atoms with Gasteiger partial charge in [0.15, 0.2) is 0 Å². The van der Waals surface area contributed by atoms with Gasteiger partial charge in [-0.25, -0.2) is 0 Å². The van der Waals surface area contributed by atoms with Crippen LogP contribution in [0.1, 0.15) is 51.6 Å². The number of rotatable bonds is 4. The second-order valence-electron chi connectivity index (χ2n) is 6.70. The average molecular weight is 288 g/mol. The van der Waals surface area contributed by atoms with E-state index >= 15 is 0 Å². The minimum absolute atomic E-state index is 0.0816. The van der Waals surface area contributed by atoms with Gasteiger partial charge in [0.25, 0.3) is 0 Å². The zero-order valence-electron chi connectivity index (χ0n) is 13.4. The molecule has 0 heterocycles. The summed E-state index contributed by atoms with van der Waals surface area (Å²) in [6, 6.07) is 9.93. The number of amides is 1. The highest BCUT2D eigenvalue weighted by Gasteiger charge is 2.28. The van der Waals surface area contributed by atoms with Gasteiger partial charge in [0.1, 0.15) is 0 Å². The highest BCUT2D eigenvalue weighted by molar-refractivity contribution is 5.79. The molecule has 5 unspecified atom stereocenters. The normalized spacial score (nSPS) is 28.7. The number of hydrogen-bond donors (Lipinski definition) is 2. The number of hydrogen-bond acceptors (Lipinski definition) is 2. The van der Waals surface area contributed by atoms with Gasteiger partial charge in [0.2, 0.25) is 5.91 Å². The van der Waals surface area contributed by atoms with Crippen LogP contribution in [0.2, 0.25) is 0 Å². The number of nitrogens with two attached hydrogens (primary N) is 1. The molecule has 1 aromatic carbocycles. The predicted octanol–water partition coefficient (Wildman–Crippen LogP) is 3.26. The Hall–Kier alpha value is -1.35. The van der Waals surface area contributed by atoms with Gasteiger partial charge in [-0.3, -0.25) is 4.79 Å². The third-order valence-corrected chi connectivity index (χ3v) is 5.08. The smallest absolute Gasteiger partial charge is 0.224 e. The van der Waals surface area contributed by atoms with Crippen LogP contribution in [0.3, 0.4) is 0 Å². The first-order valence-electron chi connectivity index (χ1n) is 8.10. The lowest BCUT2D eigenvalue weighted by molar-refractivity contribution is -0.126. The Bertz CT molecular complexity index is 460. The molecule has 1 fully saturated rings. The third-order valence-electron chi connectivity index (χ3n) is 5.08. The molecule has 1 aromatic rings. The monoisotopic (exact) mass is 288 g/mol. The van der Waals surface area contributed by atoms with E-state index in [1.165, 1.54) is 6.42 Å². The summed E-state index contributed by atoms with van der Waals surface area (Å²) in [5, 5.41) is 3.20. The highest BCUT2D eigenvalue weighted by atomic mass is 16.1. The molecule has 3 N–H and O–H groups in total. The molecule has 1 saturated carbocycles. The van der Waals surface area contributed by atoms with E-state index in [1.807, 2.05) is 37.3 Å². The van der Waals surface area contributed by atoms with Crippen LogP contribution < -0.4 is 11.1 Å². The summed E-state index contributed by atoms with van der Waals surface area (Å²) in [4.78, 5) is 12.4. The van der Waals surface area contributed by atoms with Crippen molar-refractivity contribution < 1.29 is 4.79 Å². The molecule has 3 heteroatoms. The lowest BCUT2D eigenvalue weighted by atomic mass is 9.79. The summed E-state index contributed by atoms with van der Waals surface area (Å²) < 4.78 is 0. The molecule has 5 atom stereocenters. The van der Waals surface area contributed by atoms with Crippen molar-refractivity contribution in [3.63, 3.8) is 0 Å². The van der Waals surface area contributed by atoms with Crippen molar-refractivity contribution in [1.29, 1.82) is 0 Å². The molecular formula is C18H28N2O. The Kier molecular flexibility index (Phi) is 5.40. The summed E-state index contributed by atoms with van der Waals surface area (Å²) >= 11 is 0. The molecule has 0 aromatic heterocycles. The van der Waals surface area contributed by atoms with E-state index in [0.29, 0.717) is 12.0 Å². The van der Waals surface area contributed by atoms with Gasteiger partial charge in [-0.2, -0.15) is 0 Å². The van der Waals surface area contributed by atoms with Gasteiger partial charge in [-0.05, 0) is 36.7 Å². The second kappa shape index (κ2) is 7.08. The molecule has 0 bridgehead atoms. The third kappa shape index (κ3) is 4.07. The van der Waals surface area contributed by atoms with Gasteiger partial charge in [0.05, 0.1) is 5.92 Å². The van der Waals surface area contributed by atoms with Gasteiger partial charge in [0, 0.05) is 12.1 Å². The topological polar surface area (TPSA) is 55.1 Å². The molecule has 0 radical (unpaired) electrons. The van der Waals surface area contributed by atoms with Crippen molar-refractivity contribution in [3.8, 4) is 0 Å². The molecule has 0 spiro atoms. The van der Waals surface area contributed by atoms with Crippen LogP contribution in [-0.4, -0.2) is 11.9 Å². The van der Waals surface area contributed by atoms with E-state index in [1.54, 1.807) is 0 Å². The molecule has 2 rings (SSSR count). The minimum atomic E-state index is -0.244. The van der Waals surface area contributed by atoms with Crippen molar-refractivity contribution >= 4 is 5.91 Å². The predicted molar refractivity (Wildman–Crippen MR) is 86.6 cm³/mol. The van der Waals surface area contributed by atoms with Crippen LogP contribution in [-0.2, 0) is 4.79 Å². The Morgan fingerprint density at radius 2 is 1.86 bits per heavy atom. The number of benzene rings is 1. The fraction of sp³-hybridized carbons (Fsp3) is 0.611. The summed E-state index contributed by atoms with van der Waals surface area (Å²) in [5.41, 5.74) is 7.25. The molecule has 116 valence electrons. The maximum atomic E-state index is 12.4. The Morgan fingerprint density at radius 3 is 2.48 bits per heavy atom.